The van der Waals surface area contributed by atoms with Crippen molar-refractivity contribution in [3.05, 3.63) is 47.3 Å². The maximum Gasteiger partial charge on any atom is 0.253 e. The molecule has 1 aromatic heterocycles. The van der Waals surface area contributed by atoms with Gasteiger partial charge in [0.15, 0.2) is 0 Å². The highest BCUT2D eigenvalue weighted by Crippen LogP contribution is 2.16. The molecule has 0 aliphatic rings. The van der Waals surface area contributed by atoms with Crippen molar-refractivity contribution in [1.82, 2.24) is 15.1 Å². The Bertz CT molecular complexity index is 574. The molecule has 94 valence electrons. The van der Waals surface area contributed by atoms with Crippen molar-refractivity contribution >= 4 is 11.6 Å². The zero-order chi connectivity index (χ0) is 13.1. The maximum atomic E-state index is 12.0. The van der Waals surface area contributed by atoms with Gasteiger partial charge in [0.05, 0.1) is 17.8 Å². The summed E-state index contributed by atoms with van der Waals surface area (Å²) in [5.74, 6) is -0.169. The van der Waals surface area contributed by atoms with Crippen LogP contribution in [0.25, 0.3) is 0 Å². The van der Waals surface area contributed by atoms with Crippen molar-refractivity contribution in [2.45, 2.75) is 13.5 Å². The van der Waals surface area contributed by atoms with Crippen molar-refractivity contribution in [2.24, 2.45) is 7.05 Å². The van der Waals surface area contributed by atoms with E-state index in [1.54, 1.807) is 16.9 Å². The largest absolute Gasteiger partial charge is 0.398 e. The lowest BCUT2D eigenvalue weighted by molar-refractivity contribution is 0.0951. The molecule has 0 saturated carbocycles. The van der Waals surface area contributed by atoms with E-state index in [1.165, 1.54) is 0 Å². The molecule has 2 aromatic rings. The minimum Gasteiger partial charge on any atom is -0.398 e. The first-order chi connectivity index (χ1) is 8.59. The molecule has 18 heavy (non-hydrogen) atoms. The van der Waals surface area contributed by atoms with Gasteiger partial charge in [-0.25, -0.2) is 0 Å². The Hall–Kier alpha value is -2.30. The zero-order valence-corrected chi connectivity index (χ0v) is 10.5. The first-order valence-electron chi connectivity index (χ1n) is 5.69. The van der Waals surface area contributed by atoms with E-state index in [-0.39, 0.29) is 5.91 Å². The average Bonchev–Trinajstić information content (AvgIpc) is 2.75. The molecule has 0 unspecified atom stereocenters. The summed E-state index contributed by atoms with van der Waals surface area (Å²) in [4.78, 5) is 12.0. The lowest BCUT2D eigenvalue weighted by Crippen LogP contribution is -2.25. The standard InChI is InChI=1S/C13H16N4O/c1-9-4-3-5-11(12(9)14)13(18)15-8-10-6-7-16-17(10)2/h3-7H,8,14H2,1-2H3,(H,15,18). The van der Waals surface area contributed by atoms with Crippen LogP contribution in [0.3, 0.4) is 0 Å². The van der Waals surface area contributed by atoms with Gasteiger partial charge in [0.2, 0.25) is 0 Å². The fourth-order valence-electron chi connectivity index (χ4n) is 1.72. The summed E-state index contributed by atoms with van der Waals surface area (Å²) >= 11 is 0. The number of hydrogen-bond acceptors (Lipinski definition) is 3. The van der Waals surface area contributed by atoms with E-state index in [2.05, 4.69) is 10.4 Å². The number of aryl methyl sites for hydroxylation is 2. The minimum absolute atomic E-state index is 0.169. The second-order valence-corrected chi connectivity index (χ2v) is 4.16. The van der Waals surface area contributed by atoms with Crippen LogP contribution in [-0.4, -0.2) is 15.7 Å². The molecule has 5 heteroatoms. The van der Waals surface area contributed by atoms with E-state index in [9.17, 15) is 4.79 Å². The Morgan fingerprint density at radius 1 is 1.44 bits per heavy atom. The molecule has 0 bridgehead atoms. The van der Waals surface area contributed by atoms with Gasteiger partial charge in [0.25, 0.3) is 5.91 Å². The maximum absolute atomic E-state index is 12.0. The van der Waals surface area contributed by atoms with E-state index in [0.717, 1.165) is 11.3 Å². The van der Waals surface area contributed by atoms with Gasteiger partial charge in [-0.1, -0.05) is 12.1 Å². The number of hydrogen-bond donors (Lipinski definition) is 2. The van der Waals surface area contributed by atoms with Crippen LogP contribution in [0.2, 0.25) is 0 Å². The van der Waals surface area contributed by atoms with Gasteiger partial charge in [-0.2, -0.15) is 5.10 Å². The van der Waals surface area contributed by atoms with Gasteiger partial charge in [-0.05, 0) is 24.6 Å². The number of para-hydroxylation sites is 1. The number of carbonyl (C=O) groups is 1. The highest BCUT2D eigenvalue weighted by Gasteiger charge is 2.10. The molecule has 0 aliphatic heterocycles. The van der Waals surface area contributed by atoms with Crippen molar-refractivity contribution in [3.8, 4) is 0 Å². The number of rotatable bonds is 3. The Labute approximate surface area is 106 Å². The third-order valence-corrected chi connectivity index (χ3v) is 2.92. The molecule has 2 rings (SSSR count). The van der Waals surface area contributed by atoms with Gasteiger partial charge in [-0.3, -0.25) is 9.48 Å². The van der Waals surface area contributed by atoms with Gasteiger partial charge < -0.3 is 11.1 Å². The normalized spacial score (nSPS) is 10.3. The lowest BCUT2D eigenvalue weighted by Gasteiger charge is -2.09. The van der Waals surface area contributed by atoms with E-state index < -0.39 is 0 Å². The number of nitrogens with one attached hydrogen (secondary N) is 1. The smallest absolute Gasteiger partial charge is 0.253 e. The molecule has 1 aromatic carbocycles. The van der Waals surface area contributed by atoms with Crippen molar-refractivity contribution < 1.29 is 4.79 Å². The predicted molar refractivity (Wildman–Crippen MR) is 70.0 cm³/mol. The van der Waals surface area contributed by atoms with Crippen LogP contribution in [0.5, 0.6) is 0 Å². The van der Waals surface area contributed by atoms with Crippen molar-refractivity contribution in [2.75, 3.05) is 5.73 Å². The summed E-state index contributed by atoms with van der Waals surface area (Å²) in [6, 6.07) is 7.29. The summed E-state index contributed by atoms with van der Waals surface area (Å²) < 4.78 is 1.72. The molecule has 0 radical (unpaired) electrons. The minimum atomic E-state index is -0.169. The number of nitrogen functional groups attached to an aromatic ring is 1. The Balaban J connectivity index is 2.09. The number of benzene rings is 1. The first kappa shape index (κ1) is 12.2. The molecule has 0 aliphatic carbocycles. The number of anilines is 1. The second kappa shape index (κ2) is 4.91. The fraction of sp³-hybridized carbons (Fsp3) is 0.231. The Kier molecular flexibility index (Phi) is 3.32. The van der Waals surface area contributed by atoms with Crippen LogP contribution in [-0.2, 0) is 13.6 Å². The molecule has 0 saturated heterocycles. The number of nitrogens with two attached hydrogens (primary N) is 1. The van der Waals surface area contributed by atoms with Crippen LogP contribution < -0.4 is 11.1 Å². The predicted octanol–water partition coefficient (Wildman–Crippen LogP) is 1.24. The van der Waals surface area contributed by atoms with Crippen LogP contribution in [0.15, 0.2) is 30.5 Å². The summed E-state index contributed by atoms with van der Waals surface area (Å²) in [6.07, 6.45) is 1.70. The molecule has 0 fully saturated rings. The van der Waals surface area contributed by atoms with E-state index in [0.29, 0.717) is 17.8 Å². The topological polar surface area (TPSA) is 72.9 Å². The summed E-state index contributed by atoms with van der Waals surface area (Å²) in [6.45, 7) is 2.32. The van der Waals surface area contributed by atoms with Crippen molar-refractivity contribution in [1.29, 1.82) is 0 Å². The third-order valence-electron chi connectivity index (χ3n) is 2.92. The van der Waals surface area contributed by atoms with Crippen molar-refractivity contribution in [3.63, 3.8) is 0 Å². The average molecular weight is 244 g/mol. The van der Waals surface area contributed by atoms with Crippen LogP contribution in [0.4, 0.5) is 5.69 Å². The van der Waals surface area contributed by atoms with Crippen LogP contribution >= 0.6 is 0 Å². The Morgan fingerprint density at radius 3 is 2.89 bits per heavy atom. The van der Waals surface area contributed by atoms with Crippen LogP contribution in [0.1, 0.15) is 21.6 Å². The van der Waals surface area contributed by atoms with Crippen LogP contribution in [0, 0.1) is 6.92 Å². The first-order valence-corrected chi connectivity index (χ1v) is 5.69. The second-order valence-electron chi connectivity index (χ2n) is 4.16. The zero-order valence-electron chi connectivity index (χ0n) is 10.5. The molecule has 3 N–H and O–H groups in total. The quantitative estimate of drug-likeness (QED) is 0.798. The number of aromatic nitrogens is 2. The fourth-order valence-corrected chi connectivity index (χ4v) is 1.72. The molecular weight excluding hydrogens is 228 g/mol. The van der Waals surface area contributed by atoms with Gasteiger partial charge in [0.1, 0.15) is 0 Å². The van der Waals surface area contributed by atoms with Gasteiger partial charge in [0, 0.05) is 18.9 Å². The summed E-state index contributed by atoms with van der Waals surface area (Å²) in [5, 5.41) is 6.87. The molecule has 5 nitrogen and oxygen atoms in total. The summed E-state index contributed by atoms with van der Waals surface area (Å²) in [5.41, 5.74) is 8.77. The summed E-state index contributed by atoms with van der Waals surface area (Å²) in [7, 11) is 1.84. The molecule has 0 spiro atoms. The number of carbonyl (C=O) groups excluding carboxylic acids is 1. The third kappa shape index (κ3) is 2.34. The van der Waals surface area contributed by atoms with E-state index in [1.807, 2.05) is 32.2 Å². The molecule has 0 atom stereocenters. The lowest BCUT2D eigenvalue weighted by atomic mass is 10.1. The molecular formula is C13H16N4O. The highest BCUT2D eigenvalue weighted by atomic mass is 16.1. The SMILES string of the molecule is Cc1cccc(C(=O)NCc2ccnn2C)c1N. The highest BCUT2D eigenvalue weighted by molar-refractivity contribution is 5.99. The van der Waals surface area contributed by atoms with Gasteiger partial charge >= 0.3 is 0 Å². The monoisotopic (exact) mass is 244 g/mol. The number of nitrogens with zero attached hydrogens (tertiary/aromatic N) is 2. The van der Waals surface area contributed by atoms with E-state index >= 15 is 0 Å². The Morgan fingerprint density at radius 2 is 2.22 bits per heavy atom. The molecule has 1 amide bonds. The molecule has 1 heterocycles. The van der Waals surface area contributed by atoms with Gasteiger partial charge in [-0.15, -0.1) is 0 Å². The van der Waals surface area contributed by atoms with E-state index in [4.69, 9.17) is 5.73 Å². The number of amides is 1.